The van der Waals surface area contributed by atoms with Crippen molar-refractivity contribution in [2.45, 2.75) is 13.5 Å². The van der Waals surface area contributed by atoms with Crippen LogP contribution in [0.1, 0.15) is 21.5 Å². The Kier molecular flexibility index (Phi) is 5.33. The van der Waals surface area contributed by atoms with Crippen molar-refractivity contribution in [2.75, 3.05) is 31.6 Å². The highest BCUT2D eigenvalue weighted by Crippen LogP contribution is 2.19. The summed E-state index contributed by atoms with van der Waals surface area (Å²) in [5, 5.41) is 3.85. The first-order valence-corrected chi connectivity index (χ1v) is 8.33. The summed E-state index contributed by atoms with van der Waals surface area (Å²) in [5.74, 6) is 0.0505. The van der Waals surface area contributed by atoms with Gasteiger partial charge in [-0.1, -0.05) is 23.7 Å². The van der Waals surface area contributed by atoms with Gasteiger partial charge >= 0.3 is 0 Å². The molecule has 126 valence electrons. The van der Waals surface area contributed by atoms with Gasteiger partial charge in [0.25, 0.3) is 5.91 Å². The largest absolute Gasteiger partial charge is 0.381 e. The van der Waals surface area contributed by atoms with E-state index in [-0.39, 0.29) is 5.91 Å². The monoisotopic (exact) mass is 345 g/mol. The van der Waals surface area contributed by atoms with Crippen molar-refractivity contribution >= 4 is 23.2 Å². The number of nitrogens with one attached hydrogen (secondary N) is 1. The fourth-order valence-corrected chi connectivity index (χ4v) is 2.71. The number of halogens is 1. The number of morpholine rings is 1. The van der Waals surface area contributed by atoms with Crippen LogP contribution in [0.4, 0.5) is 5.69 Å². The maximum absolute atomic E-state index is 12.6. The van der Waals surface area contributed by atoms with E-state index in [2.05, 4.69) is 10.3 Å². The molecule has 0 unspecified atom stereocenters. The number of rotatable bonds is 4. The normalized spacial score (nSPS) is 14.5. The van der Waals surface area contributed by atoms with Gasteiger partial charge in [0.05, 0.1) is 13.2 Å². The molecule has 3 rings (SSSR count). The molecule has 1 fully saturated rings. The number of hydrogen-bond donors (Lipinski definition) is 1. The predicted octanol–water partition coefficient (Wildman–Crippen LogP) is 3.13. The first kappa shape index (κ1) is 16.7. The van der Waals surface area contributed by atoms with Crippen molar-refractivity contribution in [3.05, 3.63) is 58.4 Å². The second-order valence-electron chi connectivity index (χ2n) is 5.78. The van der Waals surface area contributed by atoms with Crippen molar-refractivity contribution in [3.8, 4) is 0 Å². The second-order valence-corrected chi connectivity index (χ2v) is 6.16. The minimum absolute atomic E-state index is 0.0505. The average Bonchev–Trinajstić information content (AvgIpc) is 2.62. The molecule has 1 N–H and O–H groups in total. The summed E-state index contributed by atoms with van der Waals surface area (Å²) in [6, 6.07) is 9.46. The molecule has 0 radical (unpaired) electrons. The quantitative estimate of drug-likeness (QED) is 0.865. The Morgan fingerprint density at radius 1 is 1.29 bits per heavy atom. The summed E-state index contributed by atoms with van der Waals surface area (Å²) in [7, 11) is 0. The van der Waals surface area contributed by atoms with Crippen LogP contribution in [0.25, 0.3) is 0 Å². The molecular formula is C18H20ClN3O2. The number of carbonyl (C=O) groups excluding carboxylic acids is 1. The van der Waals surface area contributed by atoms with Gasteiger partial charge in [-0.05, 0) is 36.2 Å². The molecule has 1 amide bonds. The summed E-state index contributed by atoms with van der Waals surface area (Å²) in [5.41, 5.74) is 3.77. The molecule has 1 aliphatic heterocycles. The van der Waals surface area contributed by atoms with Gasteiger partial charge in [-0.2, -0.15) is 0 Å². The summed E-state index contributed by atoms with van der Waals surface area (Å²) in [4.78, 5) is 18.5. The van der Waals surface area contributed by atoms with E-state index in [1.165, 1.54) is 0 Å². The van der Waals surface area contributed by atoms with Crippen LogP contribution < -0.4 is 5.32 Å². The average molecular weight is 346 g/mol. The van der Waals surface area contributed by atoms with Gasteiger partial charge < -0.3 is 15.0 Å². The van der Waals surface area contributed by atoms with E-state index in [1.54, 1.807) is 12.3 Å². The summed E-state index contributed by atoms with van der Waals surface area (Å²) in [6.07, 6.45) is 1.74. The van der Waals surface area contributed by atoms with Crippen molar-refractivity contribution in [1.29, 1.82) is 0 Å². The van der Waals surface area contributed by atoms with Crippen molar-refractivity contribution in [3.63, 3.8) is 0 Å². The topological polar surface area (TPSA) is 54.5 Å². The number of aromatic nitrogens is 1. The maximum atomic E-state index is 12.6. The van der Waals surface area contributed by atoms with E-state index in [9.17, 15) is 4.79 Å². The molecule has 0 saturated carbocycles. The number of aryl methyl sites for hydroxylation is 1. The molecule has 5 nitrogen and oxygen atoms in total. The van der Waals surface area contributed by atoms with Crippen molar-refractivity contribution in [1.82, 2.24) is 9.88 Å². The Balaban J connectivity index is 1.71. The smallest absolute Gasteiger partial charge is 0.254 e. The molecule has 1 aromatic carbocycles. The van der Waals surface area contributed by atoms with Gasteiger partial charge in [0, 0.05) is 37.1 Å². The SMILES string of the molecule is Cc1ccc(C(=O)N2CCOCC2)cc1NCc1ccc(Cl)nc1. The van der Waals surface area contributed by atoms with Crippen molar-refractivity contribution in [2.24, 2.45) is 0 Å². The fraction of sp³-hybridized carbons (Fsp3) is 0.333. The first-order valence-electron chi connectivity index (χ1n) is 7.95. The number of amides is 1. The van der Waals surface area contributed by atoms with Crippen LogP contribution in [-0.2, 0) is 11.3 Å². The standard InChI is InChI=1S/C18H20ClN3O2/c1-13-2-4-15(18(23)22-6-8-24-9-7-22)10-16(13)20-11-14-3-5-17(19)21-12-14/h2-5,10,12,20H,6-9,11H2,1H3. The molecule has 1 saturated heterocycles. The van der Waals surface area contributed by atoms with E-state index < -0.39 is 0 Å². The summed E-state index contributed by atoms with van der Waals surface area (Å²) in [6.45, 7) is 5.14. The Morgan fingerprint density at radius 2 is 2.08 bits per heavy atom. The lowest BCUT2D eigenvalue weighted by Gasteiger charge is -2.27. The van der Waals surface area contributed by atoms with Crippen LogP contribution in [0, 0.1) is 6.92 Å². The first-order chi connectivity index (χ1) is 11.6. The highest BCUT2D eigenvalue weighted by molar-refractivity contribution is 6.29. The molecule has 1 aromatic heterocycles. The molecule has 2 heterocycles. The third-order valence-corrected chi connectivity index (χ3v) is 4.28. The molecule has 1 aliphatic rings. The number of nitrogens with zero attached hydrogens (tertiary/aromatic N) is 2. The number of benzene rings is 1. The zero-order valence-electron chi connectivity index (χ0n) is 13.6. The summed E-state index contributed by atoms with van der Waals surface area (Å²) >= 11 is 5.80. The highest BCUT2D eigenvalue weighted by atomic mass is 35.5. The Morgan fingerprint density at radius 3 is 2.79 bits per heavy atom. The molecule has 0 aliphatic carbocycles. The lowest BCUT2D eigenvalue weighted by atomic mass is 10.1. The zero-order chi connectivity index (χ0) is 16.9. The third kappa shape index (κ3) is 4.04. The lowest BCUT2D eigenvalue weighted by Crippen LogP contribution is -2.40. The van der Waals surface area contributed by atoms with Crippen LogP contribution in [0.15, 0.2) is 36.5 Å². The highest BCUT2D eigenvalue weighted by Gasteiger charge is 2.19. The second kappa shape index (κ2) is 7.64. The number of carbonyl (C=O) groups is 1. The van der Waals surface area contributed by atoms with E-state index in [1.807, 2.05) is 36.1 Å². The van der Waals surface area contributed by atoms with Gasteiger partial charge in [0.1, 0.15) is 5.15 Å². The zero-order valence-corrected chi connectivity index (χ0v) is 14.3. The van der Waals surface area contributed by atoms with Gasteiger partial charge in [-0.25, -0.2) is 4.98 Å². The van der Waals surface area contributed by atoms with Crippen LogP contribution in [0.3, 0.4) is 0 Å². The Bertz CT molecular complexity index is 713. The van der Waals surface area contributed by atoms with Crippen LogP contribution in [0.2, 0.25) is 5.15 Å². The fourth-order valence-electron chi connectivity index (χ4n) is 2.60. The van der Waals surface area contributed by atoms with Gasteiger partial charge in [-0.3, -0.25) is 4.79 Å². The van der Waals surface area contributed by atoms with Crippen LogP contribution in [0.5, 0.6) is 0 Å². The Hall–Kier alpha value is -2.11. The minimum atomic E-state index is 0.0505. The Labute approximate surface area is 146 Å². The summed E-state index contributed by atoms with van der Waals surface area (Å²) < 4.78 is 5.30. The van der Waals surface area contributed by atoms with Gasteiger partial charge in [0.15, 0.2) is 0 Å². The molecule has 24 heavy (non-hydrogen) atoms. The van der Waals surface area contributed by atoms with Crippen LogP contribution >= 0.6 is 11.6 Å². The molecule has 0 atom stereocenters. The predicted molar refractivity (Wildman–Crippen MR) is 94.5 cm³/mol. The third-order valence-electron chi connectivity index (χ3n) is 4.05. The van der Waals surface area contributed by atoms with E-state index >= 15 is 0 Å². The van der Waals surface area contributed by atoms with E-state index in [0.717, 1.165) is 16.8 Å². The maximum Gasteiger partial charge on any atom is 0.254 e. The number of ether oxygens (including phenoxy) is 1. The lowest BCUT2D eigenvalue weighted by molar-refractivity contribution is 0.0303. The van der Waals surface area contributed by atoms with Crippen LogP contribution in [-0.4, -0.2) is 42.1 Å². The minimum Gasteiger partial charge on any atom is -0.381 e. The number of pyridine rings is 1. The van der Waals surface area contributed by atoms with E-state index in [4.69, 9.17) is 16.3 Å². The van der Waals surface area contributed by atoms with Crippen molar-refractivity contribution < 1.29 is 9.53 Å². The number of anilines is 1. The van der Waals surface area contributed by atoms with Gasteiger partial charge in [-0.15, -0.1) is 0 Å². The van der Waals surface area contributed by atoms with E-state index in [0.29, 0.717) is 43.6 Å². The molecular weight excluding hydrogens is 326 g/mol. The molecule has 6 heteroatoms. The number of hydrogen-bond acceptors (Lipinski definition) is 4. The van der Waals surface area contributed by atoms with Gasteiger partial charge in [0.2, 0.25) is 0 Å². The molecule has 0 spiro atoms. The molecule has 2 aromatic rings. The molecule has 0 bridgehead atoms.